The molecule has 0 saturated heterocycles. The molecule has 28 heavy (non-hydrogen) atoms. The highest BCUT2D eigenvalue weighted by atomic mass is 16.5. The van der Waals surface area contributed by atoms with Gasteiger partial charge in [0, 0.05) is 5.69 Å². The zero-order valence-electron chi connectivity index (χ0n) is 16.4. The number of nitrogens with one attached hydrogen (secondary N) is 1. The highest BCUT2D eigenvalue weighted by Crippen LogP contribution is 2.22. The van der Waals surface area contributed by atoms with Crippen molar-refractivity contribution >= 4 is 11.6 Å². The summed E-state index contributed by atoms with van der Waals surface area (Å²) in [6, 6.07) is 23.1. The molecule has 1 N–H and O–H groups in total. The van der Waals surface area contributed by atoms with Gasteiger partial charge in [-0.1, -0.05) is 42.5 Å². The Balaban J connectivity index is 1.54. The summed E-state index contributed by atoms with van der Waals surface area (Å²) in [6.45, 7) is 6.26. The van der Waals surface area contributed by atoms with Crippen LogP contribution in [0.5, 0.6) is 11.5 Å². The third-order valence-corrected chi connectivity index (χ3v) is 4.60. The number of aryl methyl sites for hydroxylation is 1. The van der Waals surface area contributed by atoms with Gasteiger partial charge in [0.2, 0.25) is 0 Å². The fourth-order valence-corrected chi connectivity index (χ4v) is 2.72. The van der Waals surface area contributed by atoms with Crippen molar-refractivity contribution in [2.45, 2.75) is 33.5 Å². The minimum absolute atomic E-state index is 0.195. The Bertz CT molecular complexity index is 920. The number of hydrogen-bond acceptors (Lipinski definition) is 3. The molecule has 4 nitrogen and oxygen atoms in total. The largest absolute Gasteiger partial charge is 0.489 e. The van der Waals surface area contributed by atoms with Gasteiger partial charge in [0.15, 0.2) is 6.10 Å². The van der Waals surface area contributed by atoms with E-state index < -0.39 is 6.10 Å². The van der Waals surface area contributed by atoms with E-state index in [1.807, 2.05) is 86.6 Å². The van der Waals surface area contributed by atoms with Crippen molar-refractivity contribution in [3.8, 4) is 11.5 Å². The smallest absolute Gasteiger partial charge is 0.265 e. The SMILES string of the molecule is Cc1cccc(O[C@@H](C)C(=O)Nc2ccc(OCc3ccccc3)cc2)c1C. The van der Waals surface area contributed by atoms with Crippen LogP contribution >= 0.6 is 0 Å². The Hall–Kier alpha value is -3.27. The summed E-state index contributed by atoms with van der Waals surface area (Å²) in [4.78, 5) is 12.4. The second-order valence-electron chi connectivity index (χ2n) is 6.75. The zero-order valence-corrected chi connectivity index (χ0v) is 16.4. The van der Waals surface area contributed by atoms with Gasteiger partial charge in [-0.2, -0.15) is 0 Å². The first-order valence-corrected chi connectivity index (χ1v) is 9.33. The summed E-state index contributed by atoms with van der Waals surface area (Å²) in [5.74, 6) is 1.28. The van der Waals surface area contributed by atoms with Crippen LogP contribution in [0.15, 0.2) is 72.8 Å². The standard InChI is InChI=1S/C24H25NO3/c1-17-8-7-11-23(18(17)2)28-19(3)24(26)25-21-12-14-22(15-13-21)27-16-20-9-5-4-6-10-20/h4-15,19H,16H2,1-3H3,(H,25,26)/t19-/m0/s1. The molecule has 144 valence electrons. The maximum absolute atomic E-state index is 12.4. The van der Waals surface area contributed by atoms with Crippen LogP contribution in [0.25, 0.3) is 0 Å². The second kappa shape index (κ2) is 9.09. The molecule has 0 saturated carbocycles. The van der Waals surface area contributed by atoms with Crippen LogP contribution in [0, 0.1) is 13.8 Å². The van der Waals surface area contributed by atoms with E-state index in [2.05, 4.69) is 5.32 Å². The molecule has 0 aliphatic rings. The molecular formula is C24H25NO3. The zero-order chi connectivity index (χ0) is 19.9. The number of benzene rings is 3. The van der Waals surface area contributed by atoms with Crippen LogP contribution in [-0.2, 0) is 11.4 Å². The van der Waals surface area contributed by atoms with E-state index in [1.54, 1.807) is 6.92 Å². The predicted octanol–water partition coefficient (Wildman–Crippen LogP) is 5.29. The Kier molecular flexibility index (Phi) is 6.33. The normalized spacial score (nSPS) is 11.5. The van der Waals surface area contributed by atoms with Gasteiger partial charge in [0.25, 0.3) is 5.91 Å². The number of ether oxygens (including phenoxy) is 2. The molecule has 0 fully saturated rings. The van der Waals surface area contributed by atoms with Gasteiger partial charge in [-0.25, -0.2) is 0 Å². The lowest BCUT2D eigenvalue weighted by molar-refractivity contribution is -0.122. The van der Waals surface area contributed by atoms with Crippen LogP contribution in [0.3, 0.4) is 0 Å². The number of rotatable bonds is 7. The first kappa shape index (κ1) is 19.5. The van der Waals surface area contributed by atoms with E-state index >= 15 is 0 Å². The summed E-state index contributed by atoms with van der Waals surface area (Å²) in [5, 5.41) is 2.88. The fraction of sp³-hybridized carbons (Fsp3) is 0.208. The molecule has 1 atom stereocenters. The molecule has 0 radical (unpaired) electrons. The third kappa shape index (κ3) is 5.13. The average Bonchev–Trinajstić information content (AvgIpc) is 2.71. The molecule has 0 spiro atoms. The van der Waals surface area contributed by atoms with Crippen LogP contribution in [-0.4, -0.2) is 12.0 Å². The number of carbonyl (C=O) groups is 1. The first-order valence-electron chi connectivity index (χ1n) is 9.33. The highest BCUT2D eigenvalue weighted by Gasteiger charge is 2.16. The van der Waals surface area contributed by atoms with Crippen LogP contribution in [0.1, 0.15) is 23.6 Å². The van der Waals surface area contributed by atoms with Crippen molar-refractivity contribution in [3.63, 3.8) is 0 Å². The first-order chi connectivity index (χ1) is 13.5. The van der Waals surface area contributed by atoms with E-state index in [-0.39, 0.29) is 5.91 Å². The fourth-order valence-electron chi connectivity index (χ4n) is 2.72. The van der Waals surface area contributed by atoms with E-state index in [4.69, 9.17) is 9.47 Å². The molecule has 1 amide bonds. The Labute approximate surface area is 166 Å². The van der Waals surface area contributed by atoms with Gasteiger partial charge in [0.05, 0.1) is 0 Å². The van der Waals surface area contributed by atoms with E-state index in [0.717, 1.165) is 28.2 Å². The average molecular weight is 375 g/mol. The topological polar surface area (TPSA) is 47.6 Å². The van der Waals surface area contributed by atoms with E-state index in [0.29, 0.717) is 12.3 Å². The maximum Gasteiger partial charge on any atom is 0.265 e. The molecule has 4 heteroatoms. The molecule has 3 aromatic carbocycles. The predicted molar refractivity (Wildman–Crippen MR) is 112 cm³/mol. The lowest BCUT2D eigenvalue weighted by atomic mass is 10.1. The van der Waals surface area contributed by atoms with Gasteiger partial charge >= 0.3 is 0 Å². The quantitative estimate of drug-likeness (QED) is 0.610. The van der Waals surface area contributed by atoms with Gasteiger partial charge in [-0.3, -0.25) is 4.79 Å². The minimum Gasteiger partial charge on any atom is -0.489 e. The number of hydrogen-bond donors (Lipinski definition) is 1. The second-order valence-corrected chi connectivity index (χ2v) is 6.75. The molecule has 0 aliphatic heterocycles. The van der Waals surface area contributed by atoms with E-state index in [1.165, 1.54) is 0 Å². The van der Waals surface area contributed by atoms with Crippen LogP contribution in [0.2, 0.25) is 0 Å². The summed E-state index contributed by atoms with van der Waals surface area (Å²) in [7, 11) is 0. The van der Waals surface area contributed by atoms with Gasteiger partial charge in [-0.15, -0.1) is 0 Å². The Morgan fingerprint density at radius 2 is 1.64 bits per heavy atom. The lowest BCUT2D eigenvalue weighted by Crippen LogP contribution is -2.30. The Morgan fingerprint density at radius 3 is 2.36 bits per heavy atom. The lowest BCUT2D eigenvalue weighted by Gasteiger charge is -2.17. The van der Waals surface area contributed by atoms with Crippen molar-refractivity contribution in [3.05, 3.63) is 89.5 Å². The van der Waals surface area contributed by atoms with Gasteiger partial charge in [0.1, 0.15) is 18.1 Å². The molecule has 3 aromatic rings. The molecule has 0 aliphatic carbocycles. The number of anilines is 1. The summed E-state index contributed by atoms with van der Waals surface area (Å²) in [6.07, 6.45) is -0.602. The van der Waals surface area contributed by atoms with E-state index in [9.17, 15) is 4.79 Å². The molecular weight excluding hydrogens is 350 g/mol. The minimum atomic E-state index is -0.602. The highest BCUT2D eigenvalue weighted by molar-refractivity contribution is 5.94. The molecule has 0 bridgehead atoms. The van der Waals surface area contributed by atoms with Gasteiger partial charge in [-0.05, 0) is 67.8 Å². The van der Waals surface area contributed by atoms with Crippen LogP contribution in [0.4, 0.5) is 5.69 Å². The monoisotopic (exact) mass is 375 g/mol. The Morgan fingerprint density at radius 1 is 0.929 bits per heavy atom. The molecule has 0 unspecified atom stereocenters. The molecule has 0 aromatic heterocycles. The summed E-state index contributed by atoms with van der Waals surface area (Å²) in [5.41, 5.74) is 3.99. The van der Waals surface area contributed by atoms with Gasteiger partial charge < -0.3 is 14.8 Å². The maximum atomic E-state index is 12.4. The molecule has 0 heterocycles. The van der Waals surface area contributed by atoms with Crippen molar-refractivity contribution in [2.24, 2.45) is 0 Å². The third-order valence-electron chi connectivity index (χ3n) is 4.60. The van der Waals surface area contributed by atoms with Crippen molar-refractivity contribution in [2.75, 3.05) is 5.32 Å². The van der Waals surface area contributed by atoms with Crippen molar-refractivity contribution in [1.29, 1.82) is 0 Å². The number of carbonyl (C=O) groups excluding carboxylic acids is 1. The van der Waals surface area contributed by atoms with Crippen molar-refractivity contribution in [1.82, 2.24) is 0 Å². The van der Waals surface area contributed by atoms with Crippen molar-refractivity contribution < 1.29 is 14.3 Å². The summed E-state index contributed by atoms with van der Waals surface area (Å²) < 4.78 is 11.6. The number of amides is 1. The molecule has 3 rings (SSSR count). The van der Waals surface area contributed by atoms with Crippen LogP contribution < -0.4 is 14.8 Å². The summed E-state index contributed by atoms with van der Waals surface area (Å²) >= 11 is 0.